The summed E-state index contributed by atoms with van der Waals surface area (Å²) in [4.78, 5) is 20.2. The predicted octanol–water partition coefficient (Wildman–Crippen LogP) is 3.54. The number of amides is 1. The van der Waals surface area contributed by atoms with E-state index in [1.807, 2.05) is 30.3 Å². The summed E-state index contributed by atoms with van der Waals surface area (Å²) in [6.45, 7) is 0. The number of nitrogens with zero attached hydrogens (tertiary/aromatic N) is 2. The van der Waals surface area contributed by atoms with Crippen LogP contribution >= 0.6 is 11.6 Å². The summed E-state index contributed by atoms with van der Waals surface area (Å²) in [5, 5.41) is 4.19. The third kappa shape index (κ3) is 2.60. The third-order valence-electron chi connectivity index (χ3n) is 2.85. The molecular formula is C15H10ClN3O. The molecule has 0 aliphatic heterocycles. The van der Waals surface area contributed by atoms with E-state index in [1.165, 1.54) is 6.20 Å². The topological polar surface area (TPSA) is 54.9 Å². The van der Waals surface area contributed by atoms with E-state index < -0.39 is 0 Å². The normalized spacial score (nSPS) is 10.4. The van der Waals surface area contributed by atoms with Crippen LogP contribution in [-0.2, 0) is 0 Å². The van der Waals surface area contributed by atoms with Crippen LogP contribution in [0.2, 0.25) is 5.15 Å². The Morgan fingerprint density at radius 3 is 2.80 bits per heavy atom. The molecule has 2 heterocycles. The summed E-state index contributed by atoms with van der Waals surface area (Å²) < 4.78 is 0. The molecule has 2 aromatic heterocycles. The monoisotopic (exact) mass is 283 g/mol. The Morgan fingerprint density at radius 2 is 2.00 bits per heavy atom. The Labute approximate surface area is 120 Å². The Balaban J connectivity index is 1.85. The fraction of sp³-hybridized carbons (Fsp3) is 0. The van der Waals surface area contributed by atoms with Crippen molar-refractivity contribution in [2.75, 3.05) is 5.32 Å². The van der Waals surface area contributed by atoms with Crippen molar-refractivity contribution in [3.63, 3.8) is 0 Å². The number of carbonyl (C=O) groups is 1. The lowest BCUT2D eigenvalue weighted by Gasteiger charge is -2.06. The van der Waals surface area contributed by atoms with Crippen LogP contribution in [0.15, 0.2) is 54.9 Å². The van der Waals surface area contributed by atoms with E-state index in [0.29, 0.717) is 16.4 Å². The van der Waals surface area contributed by atoms with Gasteiger partial charge in [0.1, 0.15) is 5.15 Å². The number of carbonyl (C=O) groups excluding carboxylic acids is 1. The summed E-state index contributed by atoms with van der Waals surface area (Å²) in [7, 11) is 0. The van der Waals surface area contributed by atoms with Gasteiger partial charge in [-0.25, -0.2) is 4.98 Å². The second-order valence-electron chi connectivity index (χ2n) is 4.23. The largest absolute Gasteiger partial charge is 0.322 e. The summed E-state index contributed by atoms with van der Waals surface area (Å²) >= 11 is 5.69. The highest BCUT2D eigenvalue weighted by Gasteiger charge is 2.07. The van der Waals surface area contributed by atoms with Crippen molar-refractivity contribution in [1.29, 1.82) is 0 Å². The first-order valence-electron chi connectivity index (χ1n) is 6.00. The summed E-state index contributed by atoms with van der Waals surface area (Å²) in [5.41, 5.74) is 1.98. The minimum atomic E-state index is -0.232. The van der Waals surface area contributed by atoms with Crippen LogP contribution in [0.4, 0.5) is 5.69 Å². The van der Waals surface area contributed by atoms with Crippen molar-refractivity contribution >= 4 is 34.1 Å². The summed E-state index contributed by atoms with van der Waals surface area (Å²) in [5.74, 6) is -0.232. The Bertz CT molecular complexity index is 771. The molecule has 0 unspecified atom stereocenters. The molecule has 0 aliphatic rings. The molecule has 1 amide bonds. The first-order chi connectivity index (χ1) is 9.72. The van der Waals surface area contributed by atoms with E-state index in [0.717, 1.165) is 10.9 Å². The van der Waals surface area contributed by atoms with Gasteiger partial charge in [0, 0.05) is 23.5 Å². The first kappa shape index (κ1) is 12.6. The average Bonchev–Trinajstić information content (AvgIpc) is 2.48. The van der Waals surface area contributed by atoms with Crippen LogP contribution in [0.25, 0.3) is 10.9 Å². The first-order valence-corrected chi connectivity index (χ1v) is 6.38. The number of hydrogen-bond acceptors (Lipinski definition) is 3. The highest BCUT2D eigenvalue weighted by molar-refractivity contribution is 6.29. The minimum Gasteiger partial charge on any atom is -0.322 e. The van der Waals surface area contributed by atoms with E-state index in [2.05, 4.69) is 15.3 Å². The number of pyridine rings is 2. The van der Waals surface area contributed by atoms with Gasteiger partial charge in [0.15, 0.2) is 0 Å². The molecule has 0 saturated heterocycles. The van der Waals surface area contributed by atoms with Gasteiger partial charge >= 0.3 is 0 Å². The molecule has 0 bridgehead atoms. The molecule has 0 atom stereocenters. The van der Waals surface area contributed by atoms with Crippen molar-refractivity contribution in [1.82, 2.24) is 9.97 Å². The lowest BCUT2D eigenvalue weighted by Crippen LogP contribution is -2.12. The number of nitrogens with one attached hydrogen (secondary N) is 1. The lowest BCUT2D eigenvalue weighted by molar-refractivity contribution is 0.102. The van der Waals surface area contributed by atoms with E-state index in [4.69, 9.17) is 11.6 Å². The second kappa shape index (κ2) is 5.27. The van der Waals surface area contributed by atoms with E-state index >= 15 is 0 Å². The maximum absolute atomic E-state index is 12.0. The van der Waals surface area contributed by atoms with Crippen LogP contribution < -0.4 is 5.32 Å². The van der Waals surface area contributed by atoms with E-state index in [9.17, 15) is 4.79 Å². The molecule has 0 radical (unpaired) electrons. The summed E-state index contributed by atoms with van der Waals surface area (Å²) in [6.07, 6.45) is 3.16. The van der Waals surface area contributed by atoms with Gasteiger partial charge in [0.25, 0.3) is 5.91 Å². The molecule has 4 nitrogen and oxygen atoms in total. The maximum atomic E-state index is 12.0. The van der Waals surface area contributed by atoms with Crippen molar-refractivity contribution in [2.45, 2.75) is 0 Å². The lowest BCUT2D eigenvalue weighted by atomic mass is 10.2. The molecule has 1 N–H and O–H groups in total. The van der Waals surface area contributed by atoms with Gasteiger partial charge in [-0.1, -0.05) is 23.7 Å². The number of aromatic nitrogens is 2. The van der Waals surface area contributed by atoms with Gasteiger partial charge in [-0.05, 0) is 30.3 Å². The molecule has 0 saturated carbocycles. The van der Waals surface area contributed by atoms with E-state index in [-0.39, 0.29) is 5.91 Å². The van der Waals surface area contributed by atoms with Crippen LogP contribution in [-0.4, -0.2) is 15.9 Å². The van der Waals surface area contributed by atoms with Gasteiger partial charge in [-0.15, -0.1) is 0 Å². The van der Waals surface area contributed by atoms with E-state index in [1.54, 1.807) is 18.3 Å². The molecule has 1 aromatic carbocycles. The van der Waals surface area contributed by atoms with Crippen LogP contribution in [0, 0.1) is 0 Å². The van der Waals surface area contributed by atoms with Gasteiger partial charge in [0.2, 0.25) is 0 Å². The second-order valence-corrected chi connectivity index (χ2v) is 4.62. The molecule has 3 rings (SSSR count). The molecule has 3 aromatic rings. The minimum absolute atomic E-state index is 0.232. The number of anilines is 1. The zero-order chi connectivity index (χ0) is 13.9. The molecule has 0 spiro atoms. The Morgan fingerprint density at radius 1 is 1.10 bits per heavy atom. The highest BCUT2D eigenvalue weighted by Crippen LogP contribution is 2.17. The van der Waals surface area contributed by atoms with Crippen molar-refractivity contribution in [3.8, 4) is 0 Å². The molecule has 98 valence electrons. The van der Waals surface area contributed by atoms with Gasteiger partial charge in [-0.3, -0.25) is 9.78 Å². The Hall–Kier alpha value is -2.46. The van der Waals surface area contributed by atoms with Gasteiger partial charge < -0.3 is 5.32 Å². The average molecular weight is 284 g/mol. The van der Waals surface area contributed by atoms with Crippen molar-refractivity contribution in [2.24, 2.45) is 0 Å². The molecule has 20 heavy (non-hydrogen) atoms. The molecule has 0 aliphatic carbocycles. The summed E-state index contributed by atoms with van der Waals surface area (Å²) in [6, 6.07) is 12.6. The predicted molar refractivity (Wildman–Crippen MR) is 78.9 cm³/mol. The fourth-order valence-electron chi connectivity index (χ4n) is 1.86. The zero-order valence-corrected chi connectivity index (χ0v) is 11.1. The number of fused-ring (bicyclic) bond motifs is 1. The van der Waals surface area contributed by atoms with Crippen molar-refractivity contribution in [3.05, 3.63) is 65.6 Å². The number of hydrogen-bond donors (Lipinski definition) is 1. The maximum Gasteiger partial charge on any atom is 0.257 e. The number of benzene rings is 1. The quantitative estimate of drug-likeness (QED) is 0.732. The molecular weight excluding hydrogens is 274 g/mol. The standard InChI is InChI=1S/C15H10ClN3O/c16-14-6-4-11(9-18-14)15(20)19-12-5-3-10-2-1-7-17-13(10)8-12/h1-9H,(H,19,20). The van der Waals surface area contributed by atoms with Gasteiger partial charge in [-0.2, -0.15) is 0 Å². The van der Waals surface area contributed by atoms with Crippen LogP contribution in [0.1, 0.15) is 10.4 Å². The smallest absolute Gasteiger partial charge is 0.257 e. The molecule has 5 heteroatoms. The highest BCUT2D eigenvalue weighted by atomic mass is 35.5. The number of rotatable bonds is 2. The van der Waals surface area contributed by atoms with Crippen LogP contribution in [0.5, 0.6) is 0 Å². The SMILES string of the molecule is O=C(Nc1ccc2cccnc2c1)c1ccc(Cl)nc1. The zero-order valence-electron chi connectivity index (χ0n) is 10.4. The molecule has 0 fully saturated rings. The fourth-order valence-corrected chi connectivity index (χ4v) is 1.97. The van der Waals surface area contributed by atoms with Gasteiger partial charge in [0.05, 0.1) is 11.1 Å². The van der Waals surface area contributed by atoms with Crippen LogP contribution in [0.3, 0.4) is 0 Å². The van der Waals surface area contributed by atoms with Crippen molar-refractivity contribution < 1.29 is 4.79 Å². The Kier molecular flexibility index (Phi) is 3.31. The third-order valence-corrected chi connectivity index (χ3v) is 3.08. The number of halogens is 1.